The van der Waals surface area contributed by atoms with Gasteiger partial charge in [0.05, 0.1) is 5.02 Å². The van der Waals surface area contributed by atoms with Crippen molar-refractivity contribution in [3.8, 4) is 0 Å². The highest BCUT2D eigenvalue weighted by Gasteiger charge is 2.24. The van der Waals surface area contributed by atoms with Gasteiger partial charge in [-0.05, 0) is 25.0 Å². The highest BCUT2D eigenvalue weighted by atomic mass is 35.5. The lowest BCUT2D eigenvalue weighted by Gasteiger charge is -2.33. The number of ketones is 1. The first-order chi connectivity index (χ1) is 13.0. The number of nitrogens with zero attached hydrogens (tertiary/aromatic N) is 3. The Labute approximate surface area is 161 Å². The summed E-state index contributed by atoms with van der Waals surface area (Å²) < 4.78 is 5.47. The molecule has 0 aromatic carbocycles. The number of pyridine rings is 2. The molecule has 0 amide bonds. The summed E-state index contributed by atoms with van der Waals surface area (Å²) in [6.45, 7) is 1.67. The van der Waals surface area contributed by atoms with Crippen molar-refractivity contribution in [1.82, 2.24) is 9.97 Å². The van der Waals surface area contributed by atoms with Gasteiger partial charge in [-0.3, -0.25) is 14.8 Å². The van der Waals surface area contributed by atoms with Crippen molar-refractivity contribution in [3.63, 3.8) is 0 Å². The number of hydrogen-bond acceptors (Lipinski definition) is 7. The van der Waals surface area contributed by atoms with Crippen LogP contribution in [0.15, 0.2) is 35.1 Å². The molecule has 3 aromatic rings. The smallest absolute Gasteiger partial charge is 0.204 e. The number of nitrogens with two attached hydrogens (primary N) is 2. The maximum absolute atomic E-state index is 13.0. The minimum absolute atomic E-state index is 0.0287. The van der Waals surface area contributed by atoms with E-state index in [2.05, 4.69) is 14.9 Å². The van der Waals surface area contributed by atoms with E-state index < -0.39 is 0 Å². The predicted octanol–water partition coefficient (Wildman–Crippen LogP) is 2.81. The number of piperidine rings is 1. The fraction of sp³-hybridized carbons (Fsp3) is 0.316. The molecule has 4 heterocycles. The molecular weight excluding hydrogens is 366 g/mol. The monoisotopic (exact) mass is 385 g/mol. The Morgan fingerprint density at radius 1 is 1.37 bits per heavy atom. The number of nitrogen functional groups attached to an aromatic ring is 1. The van der Waals surface area contributed by atoms with E-state index in [1.165, 1.54) is 6.20 Å². The molecular formula is C19H20ClN5O2. The third kappa shape index (κ3) is 3.36. The minimum atomic E-state index is -0.184. The highest BCUT2D eigenvalue weighted by Crippen LogP contribution is 2.33. The molecule has 0 bridgehead atoms. The second-order valence-corrected chi connectivity index (χ2v) is 7.17. The Morgan fingerprint density at radius 3 is 3.04 bits per heavy atom. The number of anilines is 2. The number of Topliss-reactive ketones (excluding diaryl/α,β-unsaturated/α-hetero) is 1. The van der Waals surface area contributed by atoms with Gasteiger partial charge in [0, 0.05) is 55.4 Å². The third-order valence-electron chi connectivity index (χ3n) is 4.86. The van der Waals surface area contributed by atoms with Gasteiger partial charge in [-0.1, -0.05) is 11.6 Å². The summed E-state index contributed by atoms with van der Waals surface area (Å²) in [4.78, 5) is 23.7. The summed E-state index contributed by atoms with van der Waals surface area (Å²) in [5.41, 5.74) is 14.8. The zero-order chi connectivity index (χ0) is 19.0. The van der Waals surface area contributed by atoms with Gasteiger partial charge in [-0.2, -0.15) is 0 Å². The van der Waals surface area contributed by atoms with Gasteiger partial charge >= 0.3 is 0 Å². The summed E-state index contributed by atoms with van der Waals surface area (Å²) in [6, 6.07) is 3.65. The zero-order valence-electron chi connectivity index (χ0n) is 14.7. The van der Waals surface area contributed by atoms with Gasteiger partial charge < -0.3 is 20.8 Å². The second kappa shape index (κ2) is 7.17. The molecule has 1 saturated heterocycles. The largest absolute Gasteiger partial charge is 0.437 e. The van der Waals surface area contributed by atoms with E-state index in [0.717, 1.165) is 37.2 Å². The lowest BCUT2D eigenvalue weighted by molar-refractivity contribution is 0.0994. The SMILES string of the molecule is Nc1oc2c(Cl)ccnc2c1C(=O)Cc1cnccc1N1CCC[C@H](N)C1. The van der Waals surface area contributed by atoms with Crippen LogP contribution in [0.4, 0.5) is 11.6 Å². The molecule has 7 nitrogen and oxygen atoms in total. The molecule has 0 spiro atoms. The van der Waals surface area contributed by atoms with Gasteiger partial charge in [0.15, 0.2) is 11.4 Å². The number of aromatic nitrogens is 2. The van der Waals surface area contributed by atoms with Crippen molar-refractivity contribution in [2.75, 3.05) is 23.7 Å². The summed E-state index contributed by atoms with van der Waals surface area (Å²) in [7, 11) is 0. The van der Waals surface area contributed by atoms with Crippen LogP contribution < -0.4 is 16.4 Å². The van der Waals surface area contributed by atoms with Crippen LogP contribution in [0.1, 0.15) is 28.8 Å². The van der Waals surface area contributed by atoms with E-state index in [-0.39, 0.29) is 29.7 Å². The Bertz CT molecular complexity index is 1000. The lowest BCUT2D eigenvalue weighted by Crippen LogP contribution is -2.43. The summed E-state index contributed by atoms with van der Waals surface area (Å²) in [5, 5.41) is 0.370. The topological polar surface area (TPSA) is 111 Å². The molecule has 1 aliphatic rings. The van der Waals surface area contributed by atoms with Crippen LogP contribution in [0.3, 0.4) is 0 Å². The number of carbonyl (C=O) groups is 1. The highest BCUT2D eigenvalue weighted by molar-refractivity contribution is 6.35. The Balaban J connectivity index is 1.67. The van der Waals surface area contributed by atoms with Crippen LogP contribution in [-0.2, 0) is 6.42 Å². The van der Waals surface area contributed by atoms with Crippen molar-refractivity contribution in [3.05, 3.63) is 46.9 Å². The number of furan rings is 1. The Kier molecular flexibility index (Phi) is 4.72. The van der Waals surface area contributed by atoms with Gasteiger partial charge in [-0.15, -0.1) is 0 Å². The minimum Gasteiger partial charge on any atom is -0.437 e. The molecule has 4 N–H and O–H groups in total. The molecule has 3 aromatic heterocycles. The predicted molar refractivity (Wildman–Crippen MR) is 105 cm³/mol. The quantitative estimate of drug-likeness (QED) is 0.664. The standard InChI is InChI=1S/C19H20ClN5O2/c20-13-3-6-24-17-16(19(22)27-18(13)17)15(26)8-11-9-23-5-4-14(11)25-7-1-2-12(21)10-25/h3-6,9,12H,1-2,7-8,10,21-22H2/t12-/m0/s1. The molecule has 1 aliphatic heterocycles. The molecule has 27 heavy (non-hydrogen) atoms. The van der Waals surface area contributed by atoms with E-state index in [0.29, 0.717) is 16.1 Å². The summed E-state index contributed by atoms with van der Waals surface area (Å²) >= 11 is 6.12. The van der Waals surface area contributed by atoms with Crippen molar-refractivity contribution in [2.45, 2.75) is 25.3 Å². The Morgan fingerprint density at radius 2 is 2.22 bits per heavy atom. The Hall–Kier alpha value is -2.64. The molecule has 140 valence electrons. The van der Waals surface area contributed by atoms with Gasteiger partial charge in [0.1, 0.15) is 11.1 Å². The van der Waals surface area contributed by atoms with Gasteiger partial charge in [0.25, 0.3) is 0 Å². The van der Waals surface area contributed by atoms with Crippen molar-refractivity contribution >= 4 is 40.1 Å². The first-order valence-electron chi connectivity index (χ1n) is 8.83. The van der Waals surface area contributed by atoms with Crippen LogP contribution in [0.5, 0.6) is 0 Å². The summed E-state index contributed by atoms with van der Waals surface area (Å²) in [6.07, 6.45) is 7.15. The van der Waals surface area contributed by atoms with Crippen LogP contribution in [0, 0.1) is 0 Å². The maximum Gasteiger partial charge on any atom is 0.204 e. The number of fused-ring (bicyclic) bond motifs is 1. The zero-order valence-corrected chi connectivity index (χ0v) is 15.4. The van der Waals surface area contributed by atoms with Crippen molar-refractivity contribution in [1.29, 1.82) is 0 Å². The maximum atomic E-state index is 13.0. The normalized spacial score (nSPS) is 17.4. The van der Waals surface area contributed by atoms with Gasteiger partial charge in [-0.25, -0.2) is 0 Å². The van der Waals surface area contributed by atoms with E-state index in [4.69, 9.17) is 27.5 Å². The number of rotatable bonds is 4. The van der Waals surface area contributed by atoms with Crippen LogP contribution in [0.25, 0.3) is 11.1 Å². The first kappa shape index (κ1) is 17.8. The molecule has 0 aliphatic carbocycles. The second-order valence-electron chi connectivity index (χ2n) is 6.76. The third-order valence-corrected chi connectivity index (χ3v) is 5.16. The van der Waals surface area contributed by atoms with E-state index in [1.54, 1.807) is 18.5 Å². The van der Waals surface area contributed by atoms with Crippen molar-refractivity contribution in [2.24, 2.45) is 5.73 Å². The fourth-order valence-electron chi connectivity index (χ4n) is 3.60. The van der Waals surface area contributed by atoms with Crippen molar-refractivity contribution < 1.29 is 9.21 Å². The number of hydrogen-bond donors (Lipinski definition) is 2. The molecule has 1 fully saturated rings. The lowest BCUT2D eigenvalue weighted by atomic mass is 10.0. The first-order valence-corrected chi connectivity index (χ1v) is 9.21. The molecule has 0 saturated carbocycles. The van der Waals surface area contributed by atoms with Crippen LogP contribution in [0.2, 0.25) is 5.02 Å². The molecule has 1 atom stereocenters. The van der Waals surface area contributed by atoms with E-state index in [1.807, 2.05) is 6.07 Å². The molecule has 8 heteroatoms. The molecule has 0 unspecified atom stereocenters. The average Bonchev–Trinajstić information content (AvgIpc) is 2.99. The molecule has 4 rings (SSSR count). The van der Waals surface area contributed by atoms with Crippen LogP contribution in [-0.4, -0.2) is 34.9 Å². The number of halogens is 1. The van der Waals surface area contributed by atoms with Crippen LogP contribution >= 0.6 is 11.6 Å². The van der Waals surface area contributed by atoms with E-state index >= 15 is 0 Å². The average molecular weight is 386 g/mol. The van der Waals surface area contributed by atoms with E-state index in [9.17, 15) is 4.79 Å². The molecule has 0 radical (unpaired) electrons. The number of carbonyl (C=O) groups excluding carboxylic acids is 1. The van der Waals surface area contributed by atoms with Gasteiger partial charge in [0.2, 0.25) is 5.88 Å². The summed E-state index contributed by atoms with van der Waals surface area (Å²) in [5.74, 6) is -0.155. The fourth-order valence-corrected chi connectivity index (χ4v) is 3.79.